The van der Waals surface area contributed by atoms with Crippen LogP contribution in [-0.4, -0.2) is 18.5 Å². The maximum atomic E-state index is 10.7. The maximum absolute atomic E-state index is 10.7. The first-order valence-corrected chi connectivity index (χ1v) is 8.04. The Hall–Kier alpha value is -1.67. The van der Waals surface area contributed by atoms with E-state index < -0.39 is 15.6 Å². The van der Waals surface area contributed by atoms with Gasteiger partial charge >= 0.3 is 5.51 Å². The molecule has 22 heavy (non-hydrogen) atoms. The number of hydrogen-bond donors (Lipinski definition) is 0. The Labute approximate surface area is 125 Å². The molecule has 0 saturated heterocycles. The van der Waals surface area contributed by atoms with Gasteiger partial charge in [0.25, 0.3) is 0 Å². The summed E-state index contributed by atoms with van der Waals surface area (Å²) in [5.74, 6) is 0. The molecule has 120 valence electrons. The van der Waals surface area contributed by atoms with Gasteiger partial charge in [0.15, 0.2) is 15.8 Å². The second-order valence-electron chi connectivity index (χ2n) is 4.97. The fraction of sp³-hybridized carbons (Fsp3) is 0.357. The predicted octanol–water partition coefficient (Wildman–Crippen LogP) is 2.58. The zero-order chi connectivity index (χ0) is 16.4. The molecule has 0 saturated carbocycles. The van der Waals surface area contributed by atoms with E-state index in [1.807, 2.05) is 0 Å². The van der Waals surface area contributed by atoms with Crippen molar-refractivity contribution in [2.45, 2.75) is 31.2 Å². The largest absolute Gasteiger partial charge is 0.741 e. The molecule has 0 unspecified atom stereocenters. The summed E-state index contributed by atoms with van der Waals surface area (Å²) in [6.45, 7) is 0. The summed E-state index contributed by atoms with van der Waals surface area (Å²) in [5, 5.41) is 1.34. The number of para-hydroxylation sites is 1. The molecule has 1 aliphatic carbocycles. The number of benzene rings is 1. The fourth-order valence-corrected chi connectivity index (χ4v) is 2.32. The Balaban J connectivity index is 0.000000192. The van der Waals surface area contributed by atoms with E-state index in [2.05, 4.69) is 35.3 Å². The molecule has 0 spiro atoms. The summed E-state index contributed by atoms with van der Waals surface area (Å²) in [6, 6.07) is 10.9. The Morgan fingerprint density at radius 1 is 1.09 bits per heavy atom. The highest BCUT2D eigenvalue weighted by molar-refractivity contribution is 7.86. The number of pyridine rings is 1. The van der Waals surface area contributed by atoms with Gasteiger partial charge in [-0.25, -0.2) is 13.4 Å². The van der Waals surface area contributed by atoms with Gasteiger partial charge in [-0.05, 0) is 31.4 Å². The molecule has 1 aliphatic rings. The molecule has 0 amide bonds. The van der Waals surface area contributed by atoms with Crippen LogP contribution < -0.4 is 4.98 Å². The number of halogens is 3. The molecule has 1 N–H and O–H groups in total. The number of hydrogen-bond acceptors (Lipinski definition) is 3. The van der Waals surface area contributed by atoms with E-state index in [1.54, 1.807) is 0 Å². The number of aromatic amines is 1. The molecule has 2 aromatic rings. The van der Waals surface area contributed by atoms with Crippen LogP contribution in [0.1, 0.15) is 24.1 Å². The summed E-state index contributed by atoms with van der Waals surface area (Å²) in [4.78, 5) is 3.55. The number of rotatable bonds is 0. The van der Waals surface area contributed by atoms with Crippen molar-refractivity contribution in [2.75, 3.05) is 0 Å². The lowest BCUT2D eigenvalue weighted by Gasteiger charge is -2.10. The fourth-order valence-electron chi connectivity index (χ4n) is 2.32. The van der Waals surface area contributed by atoms with Gasteiger partial charge in [0, 0.05) is 23.4 Å². The summed E-state index contributed by atoms with van der Waals surface area (Å²) in [6.07, 6.45) is 5.15. The molecule has 0 fully saturated rings. The standard InChI is InChI=1S/C13H13N.CHF3O3S/c1-3-7-12-10(5-1)9-11-6-2-4-8-13(11)14-12;2-1(3,4)8(5,6)7/h1,3,5,7,9H,2,4,6,8H2;(H,5,6,7). The van der Waals surface area contributed by atoms with Gasteiger partial charge in [-0.15, -0.1) is 0 Å². The van der Waals surface area contributed by atoms with Crippen LogP contribution in [0.2, 0.25) is 0 Å². The van der Waals surface area contributed by atoms with E-state index in [9.17, 15) is 13.2 Å². The van der Waals surface area contributed by atoms with Crippen molar-refractivity contribution in [3.8, 4) is 0 Å². The first-order valence-electron chi connectivity index (χ1n) is 6.63. The van der Waals surface area contributed by atoms with Crippen LogP contribution in [0.25, 0.3) is 10.9 Å². The van der Waals surface area contributed by atoms with Crippen molar-refractivity contribution in [3.05, 3.63) is 41.6 Å². The Morgan fingerprint density at radius 3 is 2.32 bits per heavy atom. The van der Waals surface area contributed by atoms with Crippen LogP contribution >= 0.6 is 0 Å². The molecule has 3 rings (SSSR count). The van der Waals surface area contributed by atoms with E-state index in [0.717, 1.165) is 0 Å². The first kappa shape index (κ1) is 16.7. The number of nitrogens with one attached hydrogen (secondary N) is 1. The summed E-state index contributed by atoms with van der Waals surface area (Å²) in [5.41, 5.74) is -1.40. The Kier molecular flexibility index (Phi) is 4.72. The van der Waals surface area contributed by atoms with Crippen molar-refractivity contribution in [1.29, 1.82) is 0 Å². The SMILES string of the molecule is O=S(=O)([O-])C(F)(F)F.c1ccc2[nH+]c3c(cc2c1)CCCC3. The second-order valence-corrected chi connectivity index (χ2v) is 6.34. The third kappa shape index (κ3) is 3.95. The van der Waals surface area contributed by atoms with Crippen LogP contribution in [0.5, 0.6) is 0 Å². The molecule has 1 aromatic heterocycles. The van der Waals surface area contributed by atoms with Crippen molar-refractivity contribution >= 4 is 21.0 Å². The maximum Gasteiger partial charge on any atom is 0.485 e. The van der Waals surface area contributed by atoms with Gasteiger partial charge in [0.1, 0.15) is 0 Å². The molecule has 0 bridgehead atoms. The molecule has 1 aromatic carbocycles. The third-order valence-electron chi connectivity index (χ3n) is 3.37. The van der Waals surface area contributed by atoms with Gasteiger partial charge in [-0.3, -0.25) is 0 Å². The quantitative estimate of drug-likeness (QED) is 0.549. The third-order valence-corrected chi connectivity index (χ3v) is 3.94. The summed E-state index contributed by atoms with van der Waals surface area (Å²) < 4.78 is 58.9. The predicted molar refractivity (Wildman–Crippen MR) is 72.9 cm³/mol. The van der Waals surface area contributed by atoms with Crippen LogP contribution in [0.15, 0.2) is 30.3 Å². The van der Waals surface area contributed by atoms with Crippen LogP contribution in [-0.2, 0) is 23.0 Å². The molecule has 1 heterocycles. The zero-order valence-corrected chi connectivity index (χ0v) is 12.3. The minimum atomic E-state index is -6.09. The lowest BCUT2D eigenvalue weighted by molar-refractivity contribution is -0.359. The van der Waals surface area contributed by atoms with E-state index >= 15 is 0 Å². The Bertz CT molecular complexity index is 728. The molecule has 4 nitrogen and oxygen atoms in total. The topological polar surface area (TPSA) is 71.3 Å². The highest BCUT2D eigenvalue weighted by Gasteiger charge is 2.36. The number of aryl methyl sites for hydroxylation is 2. The monoisotopic (exact) mass is 333 g/mol. The minimum absolute atomic E-state index is 1.22. The lowest BCUT2D eigenvalue weighted by Crippen LogP contribution is -2.21. The van der Waals surface area contributed by atoms with E-state index in [0.29, 0.717) is 0 Å². The van der Waals surface area contributed by atoms with Crippen molar-refractivity contribution < 1.29 is 31.1 Å². The highest BCUT2D eigenvalue weighted by atomic mass is 32.2. The Morgan fingerprint density at radius 2 is 1.68 bits per heavy atom. The molecular weight excluding hydrogens is 319 g/mol. The number of H-pyrrole nitrogens is 1. The van der Waals surface area contributed by atoms with Crippen molar-refractivity contribution in [3.63, 3.8) is 0 Å². The normalized spacial score (nSPS) is 14.9. The van der Waals surface area contributed by atoms with E-state index in [-0.39, 0.29) is 0 Å². The minimum Gasteiger partial charge on any atom is -0.741 e. The van der Waals surface area contributed by atoms with Gasteiger partial charge in [0.05, 0.1) is 0 Å². The van der Waals surface area contributed by atoms with Gasteiger partial charge in [0.2, 0.25) is 5.52 Å². The number of fused-ring (bicyclic) bond motifs is 2. The van der Waals surface area contributed by atoms with Crippen LogP contribution in [0, 0.1) is 0 Å². The smallest absolute Gasteiger partial charge is 0.485 e. The summed E-state index contributed by atoms with van der Waals surface area (Å²) in [7, 11) is -6.09. The van der Waals surface area contributed by atoms with Gasteiger partial charge in [-0.1, -0.05) is 12.1 Å². The number of aromatic nitrogens is 1. The van der Waals surface area contributed by atoms with Crippen LogP contribution in [0.3, 0.4) is 0 Å². The van der Waals surface area contributed by atoms with Crippen LogP contribution in [0.4, 0.5) is 13.2 Å². The van der Waals surface area contributed by atoms with Crippen molar-refractivity contribution in [1.82, 2.24) is 0 Å². The van der Waals surface area contributed by atoms with E-state index in [4.69, 9.17) is 13.0 Å². The molecular formula is C14H14F3NO3S. The molecule has 0 radical (unpaired) electrons. The first-order chi connectivity index (χ1) is 10.2. The molecule has 0 aliphatic heterocycles. The molecule has 0 atom stereocenters. The summed E-state index contributed by atoms with van der Waals surface area (Å²) >= 11 is 0. The number of alkyl halides is 3. The second kappa shape index (κ2) is 6.21. The lowest BCUT2D eigenvalue weighted by atomic mass is 9.95. The zero-order valence-electron chi connectivity index (χ0n) is 11.5. The van der Waals surface area contributed by atoms with Crippen molar-refractivity contribution in [2.24, 2.45) is 0 Å². The highest BCUT2D eigenvalue weighted by Crippen LogP contribution is 2.21. The molecule has 8 heteroatoms. The average molecular weight is 333 g/mol. The van der Waals surface area contributed by atoms with Gasteiger partial charge in [-0.2, -0.15) is 13.2 Å². The van der Waals surface area contributed by atoms with Gasteiger partial charge < -0.3 is 4.55 Å². The van der Waals surface area contributed by atoms with E-state index in [1.165, 1.54) is 47.8 Å². The average Bonchev–Trinajstić information content (AvgIpc) is 2.43.